The topological polar surface area (TPSA) is 24.4 Å². The van der Waals surface area contributed by atoms with Crippen LogP contribution in [0.5, 0.6) is 0 Å². The molecule has 112 valence electrons. The molecule has 1 heterocycles. The van der Waals surface area contributed by atoms with Crippen molar-refractivity contribution in [1.82, 2.24) is 0 Å². The van der Waals surface area contributed by atoms with Crippen LogP contribution in [0, 0.1) is 0 Å². The molecule has 1 N–H and O–H groups in total. The summed E-state index contributed by atoms with van der Waals surface area (Å²) >= 11 is 13.0. The van der Waals surface area contributed by atoms with E-state index >= 15 is 0 Å². The van der Waals surface area contributed by atoms with Crippen LogP contribution in [0.3, 0.4) is 0 Å². The molecule has 0 fully saturated rings. The molecule has 1 aromatic carbocycles. The fraction of sp³-hybridized carbons (Fsp3) is 0.154. The number of halogens is 5. The smallest absolute Gasteiger partial charge is 0.277 e. The van der Waals surface area contributed by atoms with Gasteiger partial charge in [0.05, 0.1) is 31.2 Å². The molecule has 0 amide bonds. The highest BCUT2D eigenvalue weighted by Crippen LogP contribution is 2.33. The number of thiophene rings is 1. The third-order valence-corrected chi connectivity index (χ3v) is 4.24. The van der Waals surface area contributed by atoms with Crippen molar-refractivity contribution in [3.8, 4) is 0 Å². The van der Waals surface area contributed by atoms with Gasteiger partial charge in [-0.15, -0.1) is 11.3 Å². The lowest BCUT2D eigenvalue weighted by Crippen LogP contribution is -2.06. The zero-order valence-electron chi connectivity index (χ0n) is 10.6. The van der Waals surface area contributed by atoms with Gasteiger partial charge in [0.1, 0.15) is 0 Å². The maximum Gasteiger partial charge on any atom is 0.416 e. The van der Waals surface area contributed by atoms with Gasteiger partial charge in [-0.3, -0.25) is 5.43 Å². The molecule has 0 aliphatic rings. The monoisotopic (exact) mass is 352 g/mol. The average Bonchev–Trinajstić information content (AvgIpc) is 2.83. The molecule has 21 heavy (non-hydrogen) atoms. The molecule has 0 radical (unpaired) electrons. The van der Waals surface area contributed by atoms with Crippen molar-refractivity contribution in [2.75, 3.05) is 5.43 Å². The molecule has 0 atom stereocenters. The van der Waals surface area contributed by atoms with Crippen molar-refractivity contribution >= 4 is 45.9 Å². The van der Waals surface area contributed by atoms with Gasteiger partial charge < -0.3 is 0 Å². The van der Waals surface area contributed by atoms with E-state index in [4.69, 9.17) is 23.2 Å². The number of nitrogens with one attached hydrogen (secondary N) is 1. The normalized spacial score (nSPS) is 12.6. The summed E-state index contributed by atoms with van der Waals surface area (Å²) in [6.45, 7) is 1.72. The van der Waals surface area contributed by atoms with E-state index in [0.717, 1.165) is 17.0 Å². The van der Waals surface area contributed by atoms with E-state index in [-0.39, 0.29) is 10.7 Å². The first-order valence-electron chi connectivity index (χ1n) is 5.70. The summed E-state index contributed by atoms with van der Waals surface area (Å²) < 4.78 is 38.5. The van der Waals surface area contributed by atoms with Crippen LogP contribution in [0.1, 0.15) is 17.4 Å². The largest absolute Gasteiger partial charge is 0.416 e. The first kappa shape index (κ1) is 16.1. The van der Waals surface area contributed by atoms with E-state index < -0.39 is 11.7 Å². The Morgan fingerprint density at radius 3 is 2.48 bits per heavy atom. The van der Waals surface area contributed by atoms with Crippen LogP contribution in [-0.4, -0.2) is 5.71 Å². The quantitative estimate of drug-likeness (QED) is 0.538. The lowest BCUT2D eigenvalue weighted by atomic mass is 10.2. The molecule has 2 rings (SSSR count). The summed E-state index contributed by atoms with van der Waals surface area (Å²) in [6, 6.07) is 6.52. The molecule has 0 spiro atoms. The molecule has 0 aliphatic carbocycles. The van der Waals surface area contributed by atoms with Crippen LogP contribution in [0.25, 0.3) is 0 Å². The fourth-order valence-corrected chi connectivity index (χ4v) is 2.64. The van der Waals surface area contributed by atoms with Crippen molar-refractivity contribution in [1.29, 1.82) is 0 Å². The van der Waals surface area contributed by atoms with E-state index in [2.05, 4.69) is 10.5 Å². The molecule has 8 heteroatoms. The van der Waals surface area contributed by atoms with E-state index in [1.165, 1.54) is 17.4 Å². The molecule has 0 unspecified atom stereocenters. The summed E-state index contributed by atoms with van der Waals surface area (Å²) in [7, 11) is 0. The predicted molar refractivity (Wildman–Crippen MR) is 81.6 cm³/mol. The van der Waals surface area contributed by atoms with E-state index in [9.17, 15) is 13.2 Å². The van der Waals surface area contributed by atoms with Crippen molar-refractivity contribution in [3.05, 3.63) is 50.1 Å². The average molecular weight is 353 g/mol. The Hall–Kier alpha value is -1.24. The van der Waals surface area contributed by atoms with Gasteiger partial charge in [0.2, 0.25) is 0 Å². The summed E-state index contributed by atoms with van der Waals surface area (Å²) in [5, 5.41) is 4.18. The number of hydrogen-bond acceptors (Lipinski definition) is 3. The van der Waals surface area contributed by atoms with E-state index in [1.54, 1.807) is 19.1 Å². The minimum Gasteiger partial charge on any atom is -0.277 e. The highest BCUT2D eigenvalue weighted by molar-refractivity contribution is 7.18. The molecule has 0 bridgehead atoms. The maximum atomic E-state index is 12.6. The number of nitrogens with zero attached hydrogens (tertiary/aromatic N) is 1. The summed E-state index contributed by atoms with van der Waals surface area (Å²) in [5.41, 5.74) is 2.45. The summed E-state index contributed by atoms with van der Waals surface area (Å²) in [4.78, 5) is 0.815. The Kier molecular flexibility index (Phi) is 4.81. The van der Waals surface area contributed by atoms with Crippen molar-refractivity contribution < 1.29 is 13.2 Å². The highest BCUT2D eigenvalue weighted by Gasteiger charge is 2.30. The molecule has 0 aliphatic heterocycles. The van der Waals surface area contributed by atoms with Gasteiger partial charge >= 0.3 is 6.18 Å². The molecule has 2 nitrogen and oxygen atoms in total. The van der Waals surface area contributed by atoms with E-state index in [0.29, 0.717) is 10.0 Å². The third kappa shape index (κ3) is 4.12. The van der Waals surface area contributed by atoms with Gasteiger partial charge in [0, 0.05) is 0 Å². The van der Waals surface area contributed by atoms with E-state index in [1.807, 2.05) is 0 Å². The first-order chi connectivity index (χ1) is 9.77. The standard InChI is InChI=1S/C13H9Cl2F3N2S/c1-7(11-4-5-12(15)21-11)19-20-10-6-8(13(16,17)18)2-3-9(10)14/h2-6,20H,1H3. The Morgan fingerprint density at radius 1 is 1.19 bits per heavy atom. The zero-order chi connectivity index (χ0) is 15.6. The first-order valence-corrected chi connectivity index (χ1v) is 7.27. The highest BCUT2D eigenvalue weighted by atomic mass is 35.5. The second-order valence-electron chi connectivity index (χ2n) is 4.11. The molecule has 1 aromatic heterocycles. The Morgan fingerprint density at radius 2 is 1.90 bits per heavy atom. The molecular formula is C13H9Cl2F3N2S. The number of anilines is 1. The minimum absolute atomic E-state index is 0.0912. The Labute approximate surface area is 133 Å². The SMILES string of the molecule is CC(=NNc1cc(C(F)(F)F)ccc1Cl)c1ccc(Cl)s1. The number of alkyl halides is 3. The van der Waals surface area contributed by atoms with Gasteiger partial charge in [-0.05, 0) is 37.3 Å². The number of rotatable bonds is 3. The number of hydrogen-bond donors (Lipinski definition) is 1. The molecular weight excluding hydrogens is 344 g/mol. The Balaban J connectivity index is 2.23. The second kappa shape index (κ2) is 6.25. The van der Waals surface area contributed by atoms with Gasteiger partial charge in [0.25, 0.3) is 0 Å². The summed E-state index contributed by atoms with van der Waals surface area (Å²) in [5.74, 6) is 0. The van der Waals surface area contributed by atoms with Crippen LogP contribution >= 0.6 is 34.5 Å². The van der Waals surface area contributed by atoms with Crippen LogP contribution in [0.4, 0.5) is 18.9 Å². The van der Waals surface area contributed by atoms with Gasteiger partial charge in [0.15, 0.2) is 0 Å². The van der Waals surface area contributed by atoms with Gasteiger partial charge in [-0.25, -0.2) is 0 Å². The maximum absolute atomic E-state index is 12.6. The predicted octanol–water partition coefficient (Wildman–Crippen LogP) is 5.91. The Bertz CT molecular complexity index is 680. The second-order valence-corrected chi connectivity index (χ2v) is 6.23. The van der Waals surface area contributed by atoms with Crippen molar-refractivity contribution in [2.24, 2.45) is 5.10 Å². The van der Waals surface area contributed by atoms with Crippen LogP contribution in [0.2, 0.25) is 9.36 Å². The molecule has 2 aromatic rings. The van der Waals surface area contributed by atoms with Gasteiger partial charge in [-0.1, -0.05) is 23.2 Å². The van der Waals surface area contributed by atoms with Crippen LogP contribution in [-0.2, 0) is 6.18 Å². The van der Waals surface area contributed by atoms with Gasteiger partial charge in [-0.2, -0.15) is 18.3 Å². The number of benzene rings is 1. The van der Waals surface area contributed by atoms with Crippen LogP contribution in [0.15, 0.2) is 35.4 Å². The zero-order valence-corrected chi connectivity index (χ0v) is 13.0. The van der Waals surface area contributed by atoms with Crippen LogP contribution < -0.4 is 5.43 Å². The fourth-order valence-electron chi connectivity index (χ4n) is 1.50. The third-order valence-electron chi connectivity index (χ3n) is 2.57. The molecule has 0 saturated carbocycles. The minimum atomic E-state index is -4.43. The number of hydrazone groups is 1. The summed E-state index contributed by atoms with van der Waals surface area (Å²) in [6.07, 6.45) is -4.43. The van der Waals surface area contributed by atoms with Crippen molar-refractivity contribution in [2.45, 2.75) is 13.1 Å². The lowest BCUT2D eigenvalue weighted by molar-refractivity contribution is -0.137. The van der Waals surface area contributed by atoms with Crippen molar-refractivity contribution in [3.63, 3.8) is 0 Å². The molecule has 0 saturated heterocycles. The lowest BCUT2D eigenvalue weighted by Gasteiger charge is -2.10.